The van der Waals surface area contributed by atoms with Gasteiger partial charge in [0, 0.05) is 13.0 Å². The van der Waals surface area contributed by atoms with E-state index >= 15 is 0 Å². The third kappa shape index (κ3) is 3.46. The molecule has 1 saturated heterocycles. The van der Waals surface area contributed by atoms with Crippen LogP contribution in [0, 0.1) is 5.92 Å². The highest BCUT2D eigenvalue weighted by Crippen LogP contribution is 2.21. The molecule has 0 spiro atoms. The second kappa shape index (κ2) is 6.50. The molecule has 1 atom stereocenters. The zero-order chi connectivity index (χ0) is 13.8. The molecule has 0 radical (unpaired) electrons. The van der Waals surface area contributed by atoms with Crippen LogP contribution in [0.1, 0.15) is 32.1 Å². The molecule has 3 rings (SSSR count). The van der Waals surface area contributed by atoms with E-state index in [1.165, 1.54) is 25.9 Å². The summed E-state index contributed by atoms with van der Waals surface area (Å²) in [6.45, 7) is 5.97. The normalized spacial score (nSPS) is 20.4. The number of hydrogen-bond acceptors (Lipinski definition) is 5. The van der Waals surface area contributed by atoms with Crippen LogP contribution < -0.4 is 0 Å². The molecule has 3 heterocycles. The number of rotatable bonds is 5. The molecule has 0 amide bonds. The first-order valence-corrected chi connectivity index (χ1v) is 8.28. The third-order valence-electron chi connectivity index (χ3n) is 3.82. The van der Waals surface area contributed by atoms with Crippen molar-refractivity contribution in [1.29, 1.82) is 0 Å². The van der Waals surface area contributed by atoms with Crippen molar-refractivity contribution in [3.63, 3.8) is 0 Å². The maximum absolute atomic E-state index is 5.33. The molecule has 0 N–H and O–H groups in total. The Morgan fingerprint density at radius 3 is 3.25 bits per heavy atom. The topological polar surface area (TPSA) is 42.2 Å². The van der Waals surface area contributed by atoms with Crippen molar-refractivity contribution in [3.05, 3.63) is 23.4 Å². The molecular weight excluding hydrogens is 270 g/mol. The number of aryl methyl sites for hydroxylation is 1. The predicted octanol–water partition coefficient (Wildman–Crippen LogP) is 3.46. The minimum atomic E-state index is 0.724. The molecule has 1 aliphatic rings. The van der Waals surface area contributed by atoms with Crippen molar-refractivity contribution >= 4 is 11.3 Å². The van der Waals surface area contributed by atoms with Crippen LogP contribution in [0.5, 0.6) is 0 Å². The van der Waals surface area contributed by atoms with E-state index in [-0.39, 0.29) is 0 Å². The second-order valence-corrected chi connectivity index (χ2v) is 6.59. The minimum absolute atomic E-state index is 0.724. The lowest BCUT2D eigenvalue weighted by Crippen LogP contribution is -2.35. The zero-order valence-corrected chi connectivity index (χ0v) is 12.7. The van der Waals surface area contributed by atoms with Gasteiger partial charge in [-0.05, 0) is 49.7 Å². The number of piperidine rings is 1. The van der Waals surface area contributed by atoms with E-state index in [4.69, 9.17) is 4.52 Å². The van der Waals surface area contributed by atoms with Gasteiger partial charge in [-0.25, -0.2) is 0 Å². The van der Waals surface area contributed by atoms with E-state index in [2.05, 4.69) is 22.0 Å². The number of thiophene rings is 1. The zero-order valence-electron chi connectivity index (χ0n) is 11.9. The monoisotopic (exact) mass is 291 g/mol. The second-order valence-electron chi connectivity index (χ2n) is 5.64. The Morgan fingerprint density at radius 2 is 2.45 bits per heavy atom. The van der Waals surface area contributed by atoms with Gasteiger partial charge >= 0.3 is 0 Å². The lowest BCUT2D eigenvalue weighted by molar-refractivity contribution is 0.180. The average molecular weight is 291 g/mol. The largest absolute Gasteiger partial charge is 0.339 e. The van der Waals surface area contributed by atoms with E-state index in [1.807, 2.05) is 17.5 Å². The van der Waals surface area contributed by atoms with Gasteiger partial charge in [0.15, 0.2) is 0 Å². The smallest absolute Gasteiger partial charge is 0.227 e. The van der Waals surface area contributed by atoms with Crippen molar-refractivity contribution < 1.29 is 4.52 Å². The van der Waals surface area contributed by atoms with Crippen molar-refractivity contribution in [3.8, 4) is 10.7 Å². The maximum atomic E-state index is 5.33. The Bertz CT molecular complexity index is 523. The fourth-order valence-electron chi connectivity index (χ4n) is 2.81. The van der Waals surface area contributed by atoms with E-state index in [0.717, 1.165) is 41.9 Å². The average Bonchev–Trinajstić information content (AvgIpc) is 3.09. The van der Waals surface area contributed by atoms with E-state index < -0.39 is 0 Å². The summed E-state index contributed by atoms with van der Waals surface area (Å²) in [5, 5.41) is 6.08. The summed E-state index contributed by atoms with van der Waals surface area (Å²) in [6, 6.07) is 4.03. The Hall–Kier alpha value is -1.20. The Kier molecular flexibility index (Phi) is 4.47. The molecule has 1 aliphatic heterocycles. The van der Waals surface area contributed by atoms with E-state index in [1.54, 1.807) is 11.3 Å². The molecular formula is C15H21N3OS. The molecule has 2 aromatic heterocycles. The van der Waals surface area contributed by atoms with Crippen molar-refractivity contribution in [2.45, 2.75) is 32.6 Å². The van der Waals surface area contributed by atoms with E-state index in [9.17, 15) is 0 Å². The van der Waals surface area contributed by atoms with Gasteiger partial charge < -0.3 is 9.42 Å². The first kappa shape index (κ1) is 13.8. The highest BCUT2D eigenvalue weighted by atomic mass is 32.1. The summed E-state index contributed by atoms with van der Waals surface area (Å²) in [6.07, 6.45) is 4.69. The maximum Gasteiger partial charge on any atom is 0.227 e. The minimum Gasteiger partial charge on any atom is -0.339 e. The fourth-order valence-corrected chi connectivity index (χ4v) is 3.46. The lowest BCUT2D eigenvalue weighted by Gasteiger charge is -2.30. The molecule has 4 nitrogen and oxygen atoms in total. The summed E-state index contributed by atoms with van der Waals surface area (Å²) < 4.78 is 5.33. The molecule has 2 aromatic rings. The molecule has 0 aliphatic carbocycles. The first-order chi connectivity index (χ1) is 9.81. The van der Waals surface area contributed by atoms with Gasteiger partial charge in [-0.3, -0.25) is 0 Å². The fraction of sp³-hybridized carbons (Fsp3) is 0.600. The van der Waals surface area contributed by atoms with E-state index in [0.29, 0.717) is 0 Å². The molecule has 1 fully saturated rings. The highest BCUT2D eigenvalue weighted by molar-refractivity contribution is 7.13. The van der Waals surface area contributed by atoms with Gasteiger partial charge in [-0.15, -0.1) is 11.3 Å². The van der Waals surface area contributed by atoms with Gasteiger partial charge in [0.1, 0.15) is 0 Å². The van der Waals surface area contributed by atoms with Crippen LogP contribution in [-0.4, -0.2) is 34.7 Å². The quantitative estimate of drug-likeness (QED) is 0.846. The first-order valence-electron chi connectivity index (χ1n) is 7.40. The standard InChI is InChI=1S/C15H21N3OS/c1-12-5-2-8-18(11-12)9-3-7-14-16-15(17-19-14)13-6-4-10-20-13/h4,6,10,12H,2-3,5,7-9,11H2,1H3. The Balaban J connectivity index is 1.47. The molecule has 1 unspecified atom stereocenters. The summed E-state index contributed by atoms with van der Waals surface area (Å²) in [5.74, 6) is 2.33. The van der Waals surface area contributed by atoms with Crippen LogP contribution in [0.25, 0.3) is 10.7 Å². The Morgan fingerprint density at radius 1 is 1.50 bits per heavy atom. The number of hydrogen-bond donors (Lipinski definition) is 0. The highest BCUT2D eigenvalue weighted by Gasteiger charge is 2.16. The van der Waals surface area contributed by atoms with Crippen LogP contribution >= 0.6 is 11.3 Å². The molecule has 108 valence electrons. The summed E-state index contributed by atoms with van der Waals surface area (Å²) in [4.78, 5) is 8.10. The third-order valence-corrected chi connectivity index (χ3v) is 4.68. The molecule has 5 heteroatoms. The molecule has 0 aromatic carbocycles. The summed E-state index contributed by atoms with van der Waals surface area (Å²) >= 11 is 1.64. The number of likely N-dealkylation sites (tertiary alicyclic amines) is 1. The van der Waals surface area contributed by atoms with Gasteiger partial charge in [-0.2, -0.15) is 4.98 Å². The Labute approximate surface area is 123 Å². The van der Waals surface area contributed by atoms with Gasteiger partial charge in [0.2, 0.25) is 11.7 Å². The number of aromatic nitrogens is 2. The van der Waals surface area contributed by atoms with Gasteiger partial charge in [-0.1, -0.05) is 18.1 Å². The van der Waals surface area contributed by atoms with Crippen LogP contribution in [0.4, 0.5) is 0 Å². The van der Waals surface area contributed by atoms with Crippen LogP contribution in [0.3, 0.4) is 0 Å². The van der Waals surface area contributed by atoms with Crippen LogP contribution in [-0.2, 0) is 6.42 Å². The van der Waals surface area contributed by atoms with Gasteiger partial charge in [0.05, 0.1) is 4.88 Å². The lowest BCUT2D eigenvalue weighted by atomic mass is 10.0. The molecule has 0 bridgehead atoms. The van der Waals surface area contributed by atoms with Crippen molar-refractivity contribution in [2.24, 2.45) is 5.92 Å². The molecule has 0 saturated carbocycles. The predicted molar refractivity (Wildman–Crippen MR) is 80.8 cm³/mol. The molecule has 20 heavy (non-hydrogen) atoms. The van der Waals surface area contributed by atoms with Crippen LogP contribution in [0.15, 0.2) is 22.0 Å². The number of nitrogens with zero attached hydrogens (tertiary/aromatic N) is 3. The van der Waals surface area contributed by atoms with Crippen molar-refractivity contribution in [1.82, 2.24) is 15.0 Å². The van der Waals surface area contributed by atoms with Crippen molar-refractivity contribution in [2.75, 3.05) is 19.6 Å². The summed E-state index contributed by atoms with van der Waals surface area (Å²) in [7, 11) is 0. The van der Waals surface area contributed by atoms with Crippen LogP contribution in [0.2, 0.25) is 0 Å². The summed E-state index contributed by atoms with van der Waals surface area (Å²) in [5.41, 5.74) is 0. The SMILES string of the molecule is CC1CCCN(CCCc2nc(-c3cccs3)no2)C1. The van der Waals surface area contributed by atoms with Gasteiger partial charge in [0.25, 0.3) is 0 Å².